The summed E-state index contributed by atoms with van der Waals surface area (Å²) in [6.45, 7) is 4.09. The van der Waals surface area contributed by atoms with Gasteiger partial charge in [0.2, 0.25) is 0 Å². The number of carbonyl (C=O) groups excluding carboxylic acids is 1. The molecule has 0 aliphatic carbocycles. The molecule has 0 spiro atoms. The molecule has 0 unspecified atom stereocenters. The topological polar surface area (TPSA) is 105 Å². The van der Waals surface area contributed by atoms with Crippen LogP contribution in [0.1, 0.15) is 168 Å². The average Bonchev–Trinajstić information content (AvgIpc) is 3.76. The van der Waals surface area contributed by atoms with Crippen LogP contribution in [0.4, 0.5) is 0 Å². The molecule has 7 nitrogen and oxygen atoms in total. The average molecular weight is 623 g/mol. The molecule has 256 valence electrons. The zero-order chi connectivity index (χ0) is 31.6. The van der Waals surface area contributed by atoms with Gasteiger partial charge in [0.1, 0.15) is 6.10 Å². The zero-order valence-corrected chi connectivity index (χ0v) is 28.1. The van der Waals surface area contributed by atoms with E-state index in [9.17, 15) is 20.1 Å². The second-order valence-electron chi connectivity index (χ2n) is 14.0. The van der Waals surface area contributed by atoms with Gasteiger partial charge in [0, 0.05) is 5.57 Å². The molecule has 0 radical (unpaired) electrons. The SMILES string of the molecule is CCCCC[C@H](O)CCCC[C@@H](O)[C@@H]1CC[C@@H]([C@@H]2CC[C@@H]([C@@H](O)CCCCCCCCCCCCC3=C[C@@H](C)OC3=O)O2)O1. The highest BCUT2D eigenvalue weighted by Gasteiger charge is 2.40. The molecule has 3 aliphatic heterocycles. The van der Waals surface area contributed by atoms with Gasteiger partial charge in [-0.2, -0.15) is 0 Å². The Hall–Kier alpha value is -0.990. The van der Waals surface area contributed by atoms with Crippen LogP contribution < -0.4 is 0 Å². The number of carbonyl (C=O) groups is 1. The lowest BCUT2D eigenvalue weighted by Crippen LogP contribution is -2.33. The first-order valence-corrected chi connectivity index (χ1v) is 18.6. The molecule has 2 saturated heterocycles. The third-order valence-corrected chi connectivity index (χ3v) is 10.1. The quantitative estimate of drug-likeness (QED) is 0.0703. The number of ether oxygens (including phenoxy) is 3. The lowest BCUT2D eigenvalue weighted by Gasteiger charge is -2.24. The Morgan fingerprint density at radius 3 is 1.61 bits per heavy atom. The number of hydrogen-bond donors (Lipinski definition) is 3. The molecule has 7 heteroatoms. The third-order valence-electron chi connectivity index (χ3n) is 10.1. The van der Waals surface area contributed by atoms with Crippen molar-refractivity contribution in [2.75, 3.05) is 0 Å². The fourth-order valence-electron chi connectivity index (χ4n) is 7.27. The Morgan fingerprint density at radius 1 is 0.659 bits per heavy atom. The lowest BCUT2D eigenvalue weighted by atomic mass is 10.00. The maximum absolute atomic E-state index is 11.6. The van der Waals surface area contributed by atoms with Crippen LogP contribution >= 0.6 is 0 Å². The van der Waals surface area contributed by atoms with E-state index in [1.54, 1.807) is 0 Å². The minimum atomic E-state index is -0.447. The minimum absolute atomic E-state index is 0.0274. The van der Waals surface area contributed by atoms with Crippen molar-refractivity contribution in [3.05, 3.63) is 11.6 Å². The summed E-state index contributed by atoms with van der Waals surface area (Å²) in [7, 11) is 0. The van der Waals surface area contributed by atoms with Gasteiger partial charge in [0.15, 0.2) is 0 Å². The second-order valence-corrected chi connectivity index (χ2v) is 14.0. The van der Waals surface area contributed by atoms with Crippen molar-refractivity contribution in [1.29, 1.82) is 0 Å². The van der Waals surface area contributed by atoms with E-state index in [0.717, 1.165) is 95.5 Å². The van der Waals surface area contributed by atoms with Crippen molar-refractivity contribution in [1.82, 2.24) is 0 Å². The minimum Gasteiger partial charge on any atom is -0.455 e. The summed E-state index contributed by atoms with van der Waals surface area (Å²) in [5.41, 5.74) is 0.863. The highest BCUT2D eigenvalue weighted by atomic mass is 16.6. The fraction of sp³-hybridized carbons (Fsp3) is 0.919. The van der Waals surface area contributed by atoms with Gasteiger partial charge in [0.05, 0.1) is 42.7 Å². The van der Waals surface area contributed by atoms with Gasteiger partial charge in [0.25, 0.3) is 0 Å². The lowest BCUT2D eigenvalue weighted by molar-refractivity contribution is -0.139. The Bertz CT molecular complexity index is 801. The second kappa shape index (κ2) is 21.7. The fourth-order valence-corrected chi connectivity index (χ4v) is 7.27. The van der Waals surface area contributed by atoms with E-state index in [4.69, 9.17) is 14.2 Å². The van der Waals surface area contributed by atoms with Crippen LogP contribution in [0, 0.1) is 0 Å². The van der Waals surface area contributed by atoms with Crippen LogP contribution in [0.3, 0.4) is 0 Å². The smallest absolute Gasteiger partial charge is 0.334 e. The number of hydrogen-bond acceptors (Lipinski definition) is 7. The number of aliphatic hydroxyl groups excluding tert-OH is 3. The first-order chi connectivity index (χ1) is 21.4. The molecular formula is C37H66O7. The van der Waals surface area contributed by atoms with Gasteiger partial charge < -0.3 is 29.5 Å². The van der Waals surface area contributed by atoms with E-state index in [2.05, 4.69) is 6.92 Å². The molecule has 2 fully saturated rings. The van der Waals surface area contributed by atoms with E-state index >= 15 is 0 Å². The van der Waals surface area contributed by atoms with Crippen molar-refractivity contribution in [2.24, 2.45) is 0 Å². The van der Waals surface area contributed by atoms with Gasteiger partial charge >= 0.3 is 5.97 Å². The summed E-state index contributed by atoms with van der Waals surface area (Å²) in [5, 5.41) is 31.5. The van der Waals surface area contributed by atoms with Crippen molar-refractivity contribution in [3.63, 3.8) is 0 Å². The molecular weight excluding hydrogens is 556 g/mol. The zero-order valence-electron chi connectivity index (χ0n) is 28.1. The standard InChI is InChI=1S/C37H66O7/c1-3-4-13-19-30(38)20-16-17-22-32(40)34-24-26-36(44-34)35-25-23-33(43-35)31(39)21-15-12-10-8-6-5-7-9-11-14-18-29-27-28(2)42-37(29)41/h27-28,30-36,38-40H,3-26H2,1-2H3/t28-,30+,31+,32-,33+,34+,35+,36+/m1/s1. The van der Waals surface area contributed by atoms with Crippen molar-refractivity contribution in [2.45, 2.75) is 217 Å². The molecule has 0 aromatic heterocycles. The molecule has 0 aromatic rings. The largest absolute Gasteiger partial charge is 0.455 e. The van der Waals surface area contributed by atoms with Crippen LogP contribution in [0.5, 0.6) is 0 Å². The maximum atomic E-state index is 11.6. The Labute approximate surface area is 268 Å². The van der Waals surface area contributed by atoms with E-state index in [-0.39, 0.29) is 42.6 Å². The van der Waals surface area contributed by atoms with Gasteiger partial charge in [-0.15, -0.1) is 0 Å². The molecule has 0 aromatic carbocycles. The number of aliphatic hydroxyl groups is 3. The van der Waals surface area contributed by atoms with E-state index in [1.807, 2.05) is 13.0 Å². The predicted octanol–water partition coefficient (Wildman–Crippen LogP) is 7.86. The maximum Gasteiger partial charge on any atom is 0.334 e. The van der Waals surface area contributed by atoms with Crippen molar-refractivity contribution >= 4 is 5.97 Å². The Kier molecular flexibility index (Phi) is 18.5. The van der Waals surface area contributed by atoms with Crippen LogP contribution in [0.2, 0.25) is 0 Å². The Balaban J connectivity index is 1.13. The van der Waals surface area contributed by atoms with Crippen LogP contribution in [-0.4, -0.2) is 70.1 Å². The number of esters is 1. The molecule has 0 amide bonds. The molecule has 0 saturated carbocycles. The van der Waals surface area contributed by atoms with Gasteiger partial charge in [-0.1, -0.05) is 96.8 Å². The molecule has 0 bridgehead atoms. The normalized spacial score (nSPS) is 27.4. The monoisotopic (exact) mass is 622 g/mol. The molecule has 8 atom stereocenters. The molecule has 44 heavy (non-hydrogen) atoms. The first-order valence-electron chi connectivity index (χ1n) is 18.6. The van der Waals surface area contributed by atoms with E-state index < -0.39 is 12.2 Å². The summed E-state index contributed by atoms with van der Waals surface area (Å²) in [5.74, 6) is -0.123. The van der Waals surface area contributed by atoms with Crippen LogP contribution in [-0.2, 0) is 19.0 Å². The molecule has 3 heterocycles. The Morgan fingerprint density at radius 2 is 1.11 bits per heavy atom. The van der Waals surface area contributed by atoms with Crippen molar-refractivity contribution < 1.29 is 34.3 Å². The van der Waals surface area contributed by atoms with E-state index in [1.165, 1.54) is 64.2 Å². The van der Waals surface area contributed by atoms with Gasteiger partial charge in [-0.25, -0.2) is 4.79 Å². The van der Waals surface area contributed by atoms with E-state index in [0.29, 0.717) is 0 Å². The van der Waals surface area contributed by atoms with Crippen LogP contribution in [0.15, 0.2) is 11.6 Å². The summed E-state index contributed by atoms with van der Waals surface area (Å²) in [4.78, 5) is 11.6. The van der Waals surface area contributed by atoms with Crippen LogP contribution in [0.25, 0.3) is 0 Å². The highest BCUT2D eigenvalue weighted by molar-refractivity contribution is 5.90. The third kappa shape index (κ3) is 14.2. The summed E-state index contributed by atoms with van der Waals surface area (Å²) >= 11 is 0. The summed E-state index contributed by atoms with van der Waals surface area (Å²) in [6, 6.07) is 0. The van der Waals surface area contributed by atoms with Gasteiger partial charge in [-0.3, -0.25) is 0 Å². The number of unbranched alkanes of at least 4 members (excludes halogenated alkanes) is 12. The number of rotatable bonds is 25. The molecule has 3 N–H and O–H groups in total. The molecule has 3 rings (SSSR count). The first kappa shape index (κ1) is 37.5. The summed E-state index contributed by atoms with van der Waals surface area (Å²) < 4.78 is 17.7. The predicted molar refractivity (Wildman–Crippen MR) is 175 cm³/mol. The molecule has 3 aliphatic rings. The highest BCUT2D eigenvalue weighted by Crippen LogP contribution is 2.34. The number of cyclic esters (lactones) is 1. The van der Waals surface area contributed by atoms with Gasteiger partial charge in [-0.05, 0) is 77.2 Å². The van der Waals surface area contributed by atoms with Crippen molar-refractivity contribution in [3.8, 4) is 0 Å². The summed E-state index contributed by atoms with van der Waals surface area (Å²) in [6.07, 6.45) is 25.8.